The largest absolute Gasteiger partial charge is 0.368 e. The normalized spacial score (nSPS) is 12.7. The first-order chi connectivity index (χ1) is 12.8. The van der Waals surface area contributed by atoms with E-state index in [0.717, 1.165) is 11.1 Å². The van der Waals surface area contributed by atoms with Gasteiger partial charge in [-0.15, -0.1) is 11.3 Å². The van der Waals surface area contributed by atoms with Crippen LogP contribution < -0.4 is 11.3 Å². The van der Waals surface area contributed by atoms with Crippen LogP contribution >= 0.6 is 11.3 Å². The van der Waals surface area contributed by atoms with Gasteiger partial charge in [-0.05, 0) is 37.0 Å². The van der Waals surface area contributed by atoms with Crippen molar-refractivity contribution in [2.75, 3.05) is 0 Å². The summed E-state index contributed by atoms with van der Waals surface area (Å²) in [5.41, 5.74) is 9.63. The molecule has 0 bridgehead atoms. The van der Waals surface area contributed by atoms with E-state index >= 15 is 0 Å². The zero-order chi connectivity index (χ0) is 19.9. The Morgan fingerprint density at radius 3 is 2.52 bits per heavy atom. The molecule has 0 aliphatic carbocycles. The molecule has 0 saturated carbocycles. The summed E-state index contributed by atoms with van der Waals surface area (Å²) in [6.45, 7) is 9.91. The van der Waals surface area contributed by atoms with E-state index in [2.05, 4.69) is 26.0 Å². The highest BCUT2D eigenvalue weighted by Crippen LogP contribution is 2.33. The van der Waals surface area contributed by atoms with Crippen molar-refractivity contribution in [3.8, 4) is 11.1 Å². The Bertz CT molecular complexity index is 1080. The third-order valence-electron chi connectivity index (χ3n) is 5.03. The molecular weight excluding hydrogens is 358 g/mol. The molecule has 27 heavy (non-hydrogen) atoms. The van der Waals surface area contributed by atoms with E-state index in [1.54, 1.807) is 0 Å². The Morgan fingerprint density at radius 1 is 1.26 bits per heavy atom. The summed E-state index contributed by atoms with van der Waals surface area (Å²) >= 11 is 1.46. The monoisotopic (exact) mass is 383 g/mol. The van der Waals surface area contributed by atoms with E-state index in [9.17, 15) is 9.59 Å². The quantitative estimate of drug-likeness (QED) is 0.713. The summed E-state index contributed by atoms with van der Waals surface area (Å²) in [5.74, 6) is 0.0971. The fraction of sp³-hybridized carbons (Fsp3) is 0.381. The first kappa shape index (κ1) is 19.3. The SMILES string of the molecule is CCC(C(N)=O)n1c(C(C)C)nc2scc(-c3ccc(C)c(C)c3)c2c1=O. The van der Waals surface area contributed by atoms with Gasteiger partial charge in [0.2, 0.25) is 5.91 Å². The Hall–Kier alpha value is -2.47. The molecule has 0 fully saturated rings. The molecule has 1 unspecified atom stereocenters. The number of nitrogens with zero attached hydrogens (tertiary/aromatic N) is 2. The molecule has 2 N–H and O–H groups in total. The second-order valence-electron chi connectivity index (χ2n) is 7.25. The van der Waals surface area contributed by atoms with Gasteiger partial charge in [0, 0.05) is 16.9 Å². The predicted molar refractivity (Wildman–Crippen MR) is 111 cm³/mol. The molecule has 6 heteroatoms. The lowest BCUT2D eigenvalue weighted by atomic mass is 10.0. The lowest BCUT2D eigenvalue weighted by Gasteiger charge is -2.21. The number of carbonyl (C=O) groups excluding carboxylic acids is 1. The van der Waals surface area contributed by atoms with Crippen LogP contribution in [0.2, 0.25) is 0 Å². The first-order valence-electron chi connectivity index (χ1n) is 9.16. The number of aryl methyl sites for hydroxylation is 2. The molecule has 1 amide bonds. The maximum Gasteiger partial charge on any atom is 0.263 e. The van der Waals surface area contributed by atoms with Crippen molar-refractivity contribution in [1.29, 1.82) is 0 Å². The van der Waals surface area contributed by atoms with Crippen molar-refractivity contribution in [2.24, 2.45) is 5.73 Å². The summed E-state index contributed by atoms with van der Waals surface area (Å²) in [7, 11) is 0. The summed E-state index contributed by atoms with van der Waals surface area (Å²) in [4.78, 5) is 30.9. The van der Waals surface area contributed by atoms with E-state index in [1.807, 2.05) is 32.2 Å². The molecule has 3 rings (SSSR count). The van der Waals surface area contributed by atoms with Gasteiger partial charge in [0.05, 0.1) is 5.39 Å². The zero-order valence-electron chi connectivity index (χ0n) is 16.4. The zero-order valence-corrected chi connectivity index (χ0v) is 17.2. The molecule has 3 aromatic rings. The number of fused-ring (bicyclic) bond motifs is 1. The molecule has 0 spiro atoms. The number of carbonyl (C=O) groups is 1. The van der Waals surface area contributed by atoms with E-state index in [0.29, 0.717) is 22.5 Å². The van der Waals surface area contributed by atoms with Crippen LogP contribution in [-0.2, 0) is 4.79 Å². The van der Waals surface area contributed by atoms with Crippen molar-refractivity contribution in [3.63, 3.8) is 0 Å². The molecule has 1 atom stereocenters. The molecule has 0 aliphatic rings. The highest BCUT2D eigenvalue weighted by atomic mass is 32.1. The van der Waals surface area contributed by atoms with Gasteiger partial charge in [0.1, 0.15) is 16.7 Å². The van der Waals surface area contributed by atoms with Crippen molar-refractivity contribution in [2.45, 2.75) is 53.0 Å². The predicted octanol–water partition coefficient (Wildman–Crippen LogP) is 4.30. The summed E-state index contributed by atoms with van der Waals surface area (Å²) in [6, 6.07) is 5.47. The summed E-state index contributed by atoms with van der Waals surface area (Å²) in [6.07, 6.45) is 0.450. The molecule has 2 aromatic heterocycles. The van der Waals surface area contributed by atoms with E-state index < -0.39 is 11.9 Å². The number of nitrogens with two attached hydrogens (primary N) is 1. The van der Waals surface area contributed by atoms with Gasteiger partial charge in [-0.3, -0.25) is 14.2 Å². The number of primary amides is 1. The highest BCUT2D eigenvalue weighted by molar-refractivity contribution is 7.17. The van der Waals surface area contributed by atoms with E-state index in [4.69, 9.17) is 10.7 Å². The molecule has 142 valence electrons. The standard InChI is InChI=1S/C21H25N3O2S/c1-6-16(18(22)25)24-19(11(2)3)23-20-17(21(24)26)15(10-27-20)14-8-7-12(4)13(5)9-14/h7-11,16H,6H2,1-5H3,(H2,22,25). The smallest absolute Gasteiger partial charge is 0.263 e. The Labute approximate surface area is 162 Å². The average Bonchev–Trinajstić information content (AvgIpc) is 3.03. The van der Waals surface area contributed by atoms with Gasteiger partial charge in [-0.25, -0.2) is 4.98 Å². The van der Waals surface area contributed by atoms with E-state index in [1.165, 1.54) is 27.0 Å². The van der Waals surface area contributed by atoms with Crippen LogP contribution in [0.5, 0.6) is 0 Å². The fourth-order valence-electron chi connectivity index (χ4n) is 3.36. The van der Waals surface area contributed by atoms with Gasteiger partial charge in [-0.1, -0.05) is 39.0 Å². The number of rotatable bonds is 5. The van der Waals surface area contributed by atoms with Gasteiger partial charge in [0.25, 0.3) is 5.56 Å². The van der Waals surface area contributed by atoms with Crippen molar-refractivity contribution in [3.05, 3.63) is 50.9 Å². The Morgan fingerprint density at radius 2 is 1.96 bits per heavy atom. The van der Waals surface area contributed by atoms with Crippen molar-refractivity contribution < 1.29 is 4.79 Å². The van der Waals surface area contributed by atoms with Crippen molar-refractivity contribution in [1.82, 2.24) is 9.55 Å². The number of benzene rings is 1. The molecule has 5 nitrogen and oxygen atoms in total. The third kappa shape index (κ3) is 3.30. The summed E-state index contributed by atoms with van der Waals surface area (Å²) < 4.78 is 1.51. The fourth-order valence-corrected chi connectivity index (χ4v) is 4.30. The van der Waals surface area contributed by atoms with Gasteiger partial charge in [0.15, 0.2) is 0 Å². The maximum absolute atomic E-state index is 13.5. The van der Waals surface area contributed by atoms with Crippen molar-refractivity contribution >= 4 is 27.5 Å². The van der Waals surface area contributed by atoms with Crippen LogP contribution in [-0.4, -0.2) is 15.5 Å². The maximum atomic E-state index is 13.5. The minimum absolute atomic E-state index is 0.00247. The lowest BCUT2D eigenvalue weighted by molar-refractivity contribution is -0.121. The molecule has 0 aliphatic heterocycles. The van der Waals surface area contributed by atoms with E-state index in [-0.39, 0.29) is 11.5 Å². The van der Waals surface area contributed by atoms with Crippen LogP contribution in [0.1, 0.15) is 56.1 Å². The Balaban J connectivity index is 2.36. The van der Waals surface area contributed by atoms with Gasteiger partial charge >= 0.3 is 0 Å². The van der Waals surface area contributed by atoms with Crippen LogP contribution in [0.15, 0.2) is 28.4 Å². The number of hydrogen-bond acceptors (Lipinski definition) is 4. The number of hydrogen-bond donors (Lipinski definition) is 1. The number of amides is 1. The van der Waals surface area contributed by atoms with Gasteiger partial charge in [-0.2, -0.15) is 0 Å². The second-order valence-corrected chi connectivity index (χ2v) is 8.11. The first-order valence-corrected chi connectivity index (χ1v) is 10.0. The van der Waals surface area contributed by atoms with Crippen LogP contribution in [0.3, 0.4) is 0 Å². The minimum atomic E-state index is -0.695. The molecular formula is C21H25N3O2S. The molecule has 1 aromatic carbocycles. The molecule has 0 saturated heterocycles. The molecule has 0 radical (unpaired) electrons. The number of aromatic nitrogens is 2. The molecule has 2 heterocycles. The van der Waals surface area contributed by atoms with Gasteiger partial charge < -0.3 is 5.73 Å². The van der Waals surface area contributed by atoms with Crippen LogP contribution in [0.4, 0.5) is 0 Å². The highest BCUT2D eigenvalue weighted by Gasteiger charge is 2.25. The lowest BCUT2D eigenvalue weighted by Crippen LogP contribution is -2.36. The summed E-state index contributed by atoms with van der Waals surface area (Å²) in [5, 5.41) is 2.54. The second kappa shape index (κ2) is 7.27. The average molecular weight is 384 g/mol. The Kier molecular flexibility index (Phi) is 5.20. The minimum Gasteiger partial charge on any atom is -0.368 e. The number of thiophene rings is 1. The third-order valence-corrected chi connectivity index (χ3v) is 5.90. The van der Waals surface area contributed by atoms with Crippen LogP contribution in [0, 0.1) is 13.8 Å². The van der Waals surface area contributed by atoms with Crippen LogP contribution in [0.25, 0.3) is 21.3 Å². The topological polar surface area (TPSA) is 78.0 Å².